The molecule has 0 spiro atoms. The highest BCUT2D eigenvalue weighted by Gasteiger charge is 2.15. The van der Waals surface area contributed by atoms with Gasteiger partial charge in [-0.2, -0.15) is 0 Å². The summed E-state index contributed by atoms with van der Waals surface area (Å²) in [4.78, 5) is 13.7. The Bertz CT molecular complexity index is 642. The van der Waals surface area contributed by atoms with Gasteiger partial charge in [-0.15, -0.1) is 0 Å². The predicted octanol–water partition coefficient (Wildman–Crippen LogP) is 0.904. The third-order valence-corrected chi connectivity index (χ3v) is 3.92. The van der Waals surface area contributed by atoms with Gasteiger partial charge in [0.2, 0.25) is 0 Å². The zero-order chi connectivity index (χ0) is 18.1. The van der Waals surface area contributed by atoms with E-state index in [9.17, 15) is 4.79 Å². The smallest absolute Gasteiger partial charge is 0.282 e. The summed E-state index contributed by atoms with van der Waals surface area (Å²) in [6.07, 6.45) is 1.10. The Hall–Kier alpha value is -2.37. The van der Waals surface area contributed by atoms with Crippen LogP contribution in [-0.2, 0) is 4.79 Å². The Morgan fingerprint density at radius 2 is 1.72 bits per heavy atom. The second kappa shape index (κ2) is 9.81. The molecule has 5 heteroatoms. The number of benzene rings is 2. The van der Waals surface area contributed by atoms with Crippen LogP contribution < -0.4 is 20.3 Å². The van der Waals surface area contributed by atoms with Gasteiger partial charge in [-0.05, 0) is 43.3 Å². The van der Waals surface area contributed by atoms with E-state index in [0.29, 0.717) is 0 Å². The van der Waals surface area contributed by atoms with Crippen LogP contribution in [0.4, 0.5) is 5.69 Å². The number of hydrogen-bond donors (Lipinski definition) is 3. The maximum Gasteiger partial charge on any atom is 0.282 e. The molecule has 1 amide bonds. The van der Waals surface area contributed by atoms with Crippen LogP contribution >= 0.6 is 0 Å². The molecular weight excluding hydrogens is 314 g/mol. The number of carbonyl (C=O) groups excluding carboxylic acids is 1. The van der Waals surface area contributed by atoms with Crippen molar-refractivity contribution in [2.24, 2.45) is 0 Å². The minimum Gasteiger partial charge on any atom is -0.457 e. The average Bonchev–Trinajstić information content (AvgIpc) is 2.61. The Kier molecular flexibility index (Phi) is 7.44. The Balaban J connectivity index is 1.78. The molecule has 0 aliphatic rings. The standard InChI is InChI=1S/C20H27N3O2/c1-16(21-14-7-15-23(2)3)20(24)22-17-10-12-19(13-11-17)25-18-8-5-4-6-9-18/h4-6,8-13,16,21H,7,14-15H2,1-3H3,(H,22,24)/p+2/t16-/m1/s1. The second-order valence-electron chi connectivity index (χ2n) is 6.55. The summed E-state index contributed by atoms with van der Waals surface area (Å²) in [5.41, 5.74) is 0.781. The SMILES string of the molecule is C[C@@H]([NH2+]CCC[NH+](C)C)C(=O)Nc1ccc(Oc2ccccc2)cc1. The quantitative estimate of drug-likeness (QED) is 0.593. The van der Waals surface area contributed by atoms with Gasteiger partial charge in [-0.1, -0.05) is 18.2 Å². The van der Waals surface area contributed by atoms with Gasteiger partial charge in [0.1, 0.15) is 11.5 Å². The zero-order valence-electron chi connectivity index (χ0n) is 15.3. The Labute approximate surface area is 150 Å². The molecule has 0 aromatic heterocycles. The molecule has 0 aliphatic carbocycles. The molecule has 0 aliphatic heterocycles. The molecule has 0 saturated carbocycles. The molecule has 2 rings (SSSR count). The fourth-order valence-corrected chi connectivity index (χ4v) is 2.42. The van der Waals surface area contributed by atoms with Crippen molar-refractivity contribution in [3.05, 3.63) is 54.6 Å². The van der Waals surface area contributed by atoms with Gasteiger partial charge in [0, 0.05) is 12.1 Å². The van der Waals surface area contributed by atoms with Gasteiger partial charge in [0.05, 0.1) is 27.2 Å². The first-order chi connectivity index (χ1) is 12.0. The van der Waals surface area contributed by atoms with Crippen molar-refractivity contribution in [3.8, 4) is 11.5 Å². The van der Waals surface area contributed by atoms with Crippen LogP contribution in [-0.4, -0.2) is 39.1 Å². The van der Waals surface area contributed by atoms with Gasteiger partial charge in [-0.25, -0.2) is 0 Å². The number of nitrogens with two attached hydrogens (primary N) is 1. The maximum absolute atomic E-state index is 12.2. The van der Waals surface area contributed by atoms with Crippen LogP contribution in [0.3, 0.4) is 0 Å². The third-order valence-electron chi connectivity index (χ3n) is 3.92. The molecule has 0 radical (unpaired) electrons. The lowest BCUT2D eigenvalue weighted by Crippen LogP contribution is -3.06. The van der Waals surface area contributed by atoms with Gasteiger partial charge in [0.15, 0.2) is 6.04 Å². The lowest BCUT2D eigenvalue weighted by atomic mass is 10.2. The van der Waals surface area contributed by atoms with Crippen LogP contribution in [0.1, 0.15) is 13.3 Å². The first kappa shape index (κ1) is 19.0. The van der Waals surface area contributed by atoms with Crippen molar-refractivity contribution in [2.45, 2.75) is 19.4 Å². The normalized spacial score (nSPS) is 12.0. The van der Waals surface area contributed by atoms with E-state index in [1.165, 1.54) is 4.90 Å². The third kappa shape index (κ3) is 6.95. The number of nitrogens with one attached hydrogen (secondary N) is 2. The molecule has 0 saturated heterocycles. The van der Waals surface area contributed by atoms with Gasteiger partial charge in [-0.3, -0.25) is 4.79 Å². The number of quaternary nitrogens is 2. The molecule has 2 aromatic rings. The number of hydrogen-bond acceptors (Lipinski definition) is 2. The van der Waals surface area contributed by atoms with Crippen molar-refractivity contribution >= 4 is 11.6 Å². The van der Waals surface area contributed by atoms with Crippen LogP contribution in [0.5, 0.6) is 11.5 Å². The van der Waals surface area contributed by atoms with Crippen molar-refractivity contribution in [2.75, 3.05) is 32.5 Å². The highest BCUT2D eigenvalue weighted by molar-refractivity contribution is 5.93. The maximum atomic E-state index is 12.2. The predicted molar refractivity (Wildman–Crippen MR) is 100 cm³/mol. The second-order valence-corrected chi connectivity index (χ2v) is 6.55. The van der Waals surface area contributed by atoms with E-state index < -0.39 is 0 Å². The molecule has 2 aromatic carbocycles. The lowest BCUT2D eigenvalue weighted by molar-refractivity contribution is -0.860. The minimum atomic E-state index is -0.0996. The van der Waals surface area contributed by atoms with Gasteiger partial charge < -0.3 is 20.3 Å². The molecule has 0 heterocycles. The van der Waals surface area contributed by atoms with Crippen LogP contribution in [0.25, 0.3) is 0 Å². The average molecular weight is 343 g/mol. The summed E-state index contributed by atoms with van der Waals surface area (Å²) in [5.74, 6) is 1.56. The molecule has 0 fully saturated rings. The fraction of sp³-hybridized carbons (Fsp3) is 0.350. The number of anilines is 1. The largest absolute Gasteiger partial charge is 0.457 e. The summed E-state index contributed by atoms with van der Waals surface area (Å²) in [7, 11) is 4.28. The summed E-state index contributed by atoms with van der Waals surface area (Å²) in [6.45, 7) is 4.02. The van der Waals surface area contributed by atoms with E-state index >= 15 is 0 Å². The first-order valence-electron chi connectivity index (χ1n) is 8.81. The topological polar surface area (TPSA) is 59.4 Å². The summed E-state index contributed by atoms with van der Waals surface area (Å²) < 4.78 is 5.75. The monoisotopic (exact) mass is 343 g/mol. The van der Waals surface area contributed by atoms with E-state index in [1.54, 1.807) is 0 Å². The molecule has 1 atom stereocenters. The number of carbonyl (C=O) groups is 1. The summed E-state index contributed by atoms with van der Waals surface area (Å²) in [5, 5.41) is 5.04. The van der Waals surface area contributed by atoms with E-state index in [0.717, 1.165) is 36.7 Å². The minimum absolute atomic E-state index is 0.0222. The molecule has 0 unspecified atom stereocenters. The van der Waals surface area contributed by atoms with Crippen molar-refractivity contribution < 1.29 is 19.7 Å². The highest BCUT2D eigenvalue weighted by Crippen LogP contribution is 2.22. The molecule has 134 valence electrons. The van der Waals surface area contributed by atoms with Crippen LogP contribution in [0.2, 0.25) is 0 Å². The van der Waals surface area contributed by atoms with Gasteiger partial charge in [0.25, 0.3) is 5.91 Å². The molecule has 4 N–H and O–H groups in total. The molecule has 25 heavy (non-hydrogen) atoms. The molecule has 5 nitrogen and oxygen atoms in total. The summed E-state index contributed by atoms with van der Waals surface area (Å²) in [6, 6.07) is 17.0. The van der Waals surface area contributed by atoms with Crippen molar-refractivity contribution in [1.29, 1.82) is 0 Å². The lowest BCUT2D eigenvalue weighted by Gasteiger charge is -2.12. The molecular formula is C20H29N3O2+2. The number of para-hydroxylation sites is 1. The number of ether oxygens (including phenoxy) is 1. The summed E-state index contributed by atoms with van der Waals surface area (Å²) >= 11 is 0. The van der Waals surface area contributed by atoms with Crippen LogP contribution in [0, 0.1) is 0 Å². The Morgan fingerprint density at radius 1 is 1.08 bits per heavy atom. The van der Waals surface area contributed by atoms with Crippen LogP contribution in [0.15, 0.2) is 54.6 Å². The van der Waals surface area contributed by atoms with Gasteiger partial charge >= 0.3 is 0 Å². The Morgan fingerprint density at radius 3 is 2.36 bits per heavy atom. The fourth-order valence-electron chi connectivity index (χ4n) is 2.42. The number of amides is 1. The molecule has 0 bridgehead atoms. The van der Waals surface area contributed by atoms with E-state index in [2.05, 4.69) is 24.7 Å². The number of rotatable bonds is 9. The van der Waals surface area contributed by atoms with E-state index in [-0.39, 0.29) is 11.9 Å². The van der Waals surface area contributed by atoms with E-state index in [1.807, 2.05) is 61.5 Å². The highest BCUT2D eigenvalue weighted by atomic mass is 16.5. The zero-order valence-corrected chi connectivity index (χ0v) is 15.3. The first-order valence-corrected chi connectivity index (χ1v) is 8.81. The van der Waals surface area contributed by atoms with Crippen molar-refractivity contribution in [3.63, 3.8) is 0 Å². The van der Waals surface area contributed by atoms with Crippen molar-refractivity contribution in [1.82, 2.24) is 0 Å². The van der Waals surface area contributed by atoms with E-state index in [4.69, 9.17) is 4.74 Å².